The molecule has 1 radical (unpaired) electrons. The number of carbonyl (C=O) groups is 1. The molecular weight excluding hydrogens is 326 g/mol. The van der Waals surface area contributed by atoms with Crippen molar-refractivity contribution in [1.82, 2.24) is 5.32 Å². The minimum absolute atomic E-state index is 0.0342. The zero-order chi connectivity index (χ0) is 19.8. The second-order valence-electron chi connectivity index (χ2n) is 8.16. The standard InChI is InChI=1S/C22H44NO3/c1-5-7-8-9-10-11-12-13-14-15-16-17-21(25)23-19(6-2)18-20(24)22(3,4)26/h18-20,24,26H,5-17H2,1-4H3,(H,23,25). The molecule has 0 aliphatic heterocycles. The molecule has 0 heterocycles. The minimum atomic E-state index is -1.19. The molecular formula is C22H44NO3. The molecule has 0 saturated heterocycles. The molecule has 26 heavy (non-hydrogen) atoms. The van der Waals surface area contributed by atoms with Gasteiger partial charge in [-0.3, -0.25) is 4.79 Å². The molecule has 0 aromatic rings. The van der Waals surface area contributed by atoms with Gasteiger partial charge in [0, 0.05) is 18.9 Å². The zero-order valence-electron chi connectivity index (χ0n) is 17.7. The largest absolute Gasteiger partial charge is 0.390 e. The van der Waals surface area contributed by atoms with Gasteiger partial charge in [0.1, 0.15) is 0 Å². The van der Waals surface area contributed by atoms with Crippen LogP contribution in [0.4, 0.5) is 0 Å². The third kappa shape index (κ3) is 14.5. The van der Waals surface area contributed by atoms with Crippen LogP contribution in [0.5, 0.6) is 0 Å². The number of aliphatic hydroxyl groups excluding tert-OH is 1. The Bertz CT molecular complexity index is 339. The summed E-state index contributed by atoms with van der Waals surface area (Å²) < 4.78 is 0. The predicted octanol–water partition coefficient (Wildman–Crippen LogP) is 4.92. The summed E-state index contributed by atoms with van der Waals surface area (Å²) in [6, 6.07) is -0.198. The third-order valence-electron chi connectivity index (χ3n) is 4.93. The Balaban J connectivity index is 3.63. The van der Waals surface area contributed by atoms with Crippen molar-refractivity contribution in [2.75, 3.05) is 0 Å². The number of hydrogen-bond donors (Lipinski definition) is 3. The third-order valence-corrected chi connectivity index (χ3v) is 4.93. The summed E-state index contributed by atoms with van der Waals surface area (Å²) in [5.41, 5.74) is -1.19. The molecule has 4 heteroatoms. The Hall–Kier alpha value is -0.610. The zero-order valence-corrected chi connectivity index (χ0v) is 17.7. The van der Waals surface area contributed by atoms with E-state index in [1.807, 2.05) is 6.92 Å². The number of rotatable bonds is 17. The van der Waals surface area contributed by atoms with Crippen LogP contribution in [0.3, 0.4) is 0 Å². The fourth-order valence-electron chi connectivity index (χ4n) is 2.97. The van der Waals surface area contributed by atoms with E-state index in [9.17, 15) is 15.0 Å². The van der Waals surface area contributed by atoms with Gasteiger partial charge in [0.25, 0.3) is 0 Å². The van der Waals surface area contributed by atoms with Crippen molar-refractivity contribution in [3.8, 4) is 0 Å². The highest BCUT2D eigenvalue weighted by Crippen LogP contribution is 2.15. The molecule has 1 amide bonds. The molecule has 0 aliphatic carbocycles. The molecule has 0 aliphatic rings. The van der Waals surface area contributed by atoms with Crippen LogP contribution >= 0.6 is 0 Å². The van der Waals surface area contributed by atoms with E-state index in [4.69, 9.17) is 0 Å². The molecule has 3 N–H and O–H groups in total. The SMILES string of the molecule is CCCCCCCCCCCCCC(=O)NC([CH]C(O)C(C)(C)O)CC. The summed E-state index contributed by atoms with van der Waals surface area (Å²) in [6.45, 7) is 7.34. The number of carbonyl (C=O) groups excluding carboxylic acids is 1. The van der Waals surface area contributed by atoms with Crippen LogP contribution in [0.2, 0.25) is 0 Å². The number of nitrogens with one attached hydrogen (secondary N) is 1. The van der Waals surface area contributed by atoms with Gasteiger partial charge in [-0.2, -0.15) is 0 Å². The maximum atomic E-state index is 12.0. The van der Waals surface area contributed by atoms with Crippen molar-refractivity contribution in [2.24, 2.45) is 0 Å². The molecule has 0 bridgehead atoms. The molecule has 155 valence electrons. The average Bonchev–Trinajstić information content (AvgIpc) is 2.58. The summed E-state index contributed by atoms with van der Waals surface area (Å²) in [5, 5.41) is 22.6. The quantitative estimate of drug-likeness (QED) is 0.318. The van der Waals surface area contributed by atoms with Crippen LogP contribution < -0.4 is 5.32 Å². The highest BCUT2D eigenvalue weighted by Gasteiger charge is 2.27. The molecule has 2 unspecified atom stereocenters. The summed E-state index contributed by atoms with van der Waals surface area (Å²) in [6.07, 6.45) is 15.9. The topological polar surface area (TPSA) is 69.6 Å². The Kier molecular flexibility index (Phi) is 15.1. The molecule has 0 aromatic carbocycles. The first kappa shape index (κ1) is 25.4. The van der Waals surface area contributed by atoms with Gasteiger partial charge in [-0.1, -0.05) is 78.1 Å². The molecule has 0 spiro atoms. The van der Waals surface area contributed by atoms with Crippen LogP contribution in [-0.2, 0) is 4.79 Å². The Labute approximate surface area is 162 Å². The van der Waals surface area contributed by atoms with Gasteiger partial charge in [-0.05, 0) is 26.7 Å². The second-order valence-corrected chi connectivity index (χ2v) is 8.16. The van der Waals surface area contributed by atoms with Crippen molar-refractivity contribution in [3.05, 3.63) is 6.42 Å². The summed E-state index contributed by atoms with van der Waals surface area (Å²) in [7, 11) is 0. The van der Waals surface area contributed by atoms with Crippen molar-refractivity contribution in [3.63, 3.8) is 0 Å². The van der Waals surface area contributed by atoms with E-state index in [-0.39, 0.29) is 11.9 Å². The predicted molar refractivity (Wildman–Crippen MR) is 110 cm³/mol. The summed E-state index contributed by atoms with van der Waals surface area (Å²) in [4.78, 5) is 12.0. The number of unbranched alkanes of at least 4 members (excludes halogenated alkanes) is 10. The van der Waals surface area contributed by atoms with Crippen molar-refractivity contribution in [1.29, 1.82) is 0 Å². The monoisotopic (exact) mass is 370 g/mol. The van der Waals surface area contributed by atoms with Crippen LogP contribution in [0.1, 0.15) is 111 Å². The fourth-order valence-corrected chi connectivity index (χ4v) is 2.97. The minimum Gasteiger partial charge on any atom is -0.390 e. The lowest BCUT2D eigenvalue weighted by Crippen LogP contribution is -2.44. The fraction of sp³-hybridized carbons (Fsp3) is 0.909. The van der Waals surface area contributed by atoms with E-state index >= 15 is 0 Å². The Morgan fingerprint density at radius 3 is 1.81 bits per heavy atom. The van der Waals surface area contributed by atoms with Crippen LogP contribution in [0, 0.1) is 6.42 Å². The normalized spacial score (nSPS) is 14.2. The molecule has 0 saturated carbocycles. The Morgan fingerprint density at radius 2 is 1.38 bits per heavy atom. The van der Waals surface area contributed by atoms with Crippen LogP contribution in [0.25, 0.3) is 0 Å². The lowest BCUT2D eigenvalue weighted by atomic mass is 9.94. The van der Waals surface area contributed by atoms with Gasteiger partial charge < -0.3 is 15.5 Å². The van der Waals surface area contributed by atoms with E-state index in [0.717, 1.165) is 12.8 Å². The molecule has 0 aromatic heterocycles. The molecule has 0 rings (SSSR count). The lowest BCUT2D eigenvalue weighted by molar-refractivity contribution is -0.122. The van der Waals surface area contributed by atoms with Crippen molar-refractivity contribution >= 4 is 5.91 Å². The van der Waals surface area contributed by atoms with Gasteiger partial charge in [-0.15, -0.1) is 0 Å². The first-order chi connectivity index (χ1) is 12.3. The highest BCUT2D eigenvalue weighted by atomic mass is 16.3. The number of hydrogen-bond acceptors (Lipinski definition) is 3. The van der Waals surface area contributed by atoms with Gasteiger partial charge >= 0.3 is 0 Å². The van der Waals surface area contributed by atoms with E-state index in [2.05, 4.69) is 12.2 Å². The Morgan fingerprint density at radius 1 is 0.923 bits per heavy atom. The lowest BCUT2D eigenvalue weighted by Gasteiger charge is -2.28. The van der Waals surface area contributed by atoms with Crippen molar-refractivity contribution < 1.29 is 15.0 Å². The van der Waals surface area contributed by atoms with E-state index in [1.54, 1.807) is 20.3 Å². The maximum Gasteiger partial charge on any atom is 0.220 e. The smallest absolute Gasteiger partial charge is 0.220 e. The summed E-state index contributed by atoms with van der Waals surface area (Å²) in [5.74, 6) is 0.0342. The maximum absolute atomic E-state index is 12.0. The van der Waals surface area contributed by atoms with Gasteiger partial charge in [0.15, 0.2) is 0 Å². The van der Waals surface area contributed by atoms with E-state index in [1.165, 1.54) is 57.8 Å². The number of aliphatic hydroxyl groups is 2. The number of amides is 1. The van der Waals surface area contributed by atoms with Gasteiger partial charge in [0.05, 0.1) is 11.7 Å². The second kappa shape index (κ2) is 15.4. The summed E-state index contributed by atoms with van der Waals surface area (Å²) >= 11 is 0. The van der Waals surface area contributed by atoms with E-state index in [0.29, 0.717) is 12.8 Å². The highest BCUT2D eigenvalue weighted by molar-refractivity contribution is 5.76. The van der Waals surface area contributed by atoms with Gasteiger partial charge in [0.2, 0.25) is 5.91 Å². The first-order valence-electron chi connectivity index (χ1n) is 10.9. The van der Waals surface area contributed by atoms with Gasteiger partial charge in [-0.25, -0.2) is 0 Å². The average molecular weight is 371 g/mol. The molecule has 0 fully saturated rings. The van der Waals surface area contributed by atoms with E-state index < -0.39 is 11.7 Å². The van der Waals surface area contributed by atoms with Crippen LogP contribution in [-0.4, -0.2) is 33.9 Å². The van der Waals surface area contributed by atoms with Crippen molar-refractivity contribution in [2.45, 2.75) is 129 Å². The molecule has 4 nitrogen and oxygen atoms in total. The van der Waals surface area contributed by atoms with Crippen LogP contribution in [0.15, 0.2) is 0 Å². The molecule has 2 atom stereocenters. The first-order valence-corrected chi connectivity index (χ1v) is 10.9.